The lowest BCUT2D eigenvalue weighted by atomic mass is 10.0. The third-order valence-electron chi connectivity index (χ3n) is 2.35. The molecule has 4 nitrogen and oxygen atoms in total. The van der Waals surface area contributed by atoms with Crippen molar-refractivity contribution in [2.24, 2.45) is 5.73 Å². The molecule has 1 heterocycles. The molecule has 3 N–H and O–H groups in total. The van der Waals surface area contributed by atoms with E-state index in [0.29, 0.717) is 12.8 Å². The SMILES string of the molecule is CCc1n[nH]c(CC)c1CCC(N)=O. The Morgan fingerprint density at radius 2 is 2.14 bits per heavy atom. The highest BCUT2D eigenvalue weighted by Crippen LogP contribution is 2.14. The lowest BCUT2D eigenvalue weighted by Crippen LogP contribution is -2.12. The highest BCUT2D eigenvalue weighted by atomic mass is 16.1. The molecule has 0 aliphatic heterocycles. The van der Waals surface area contributed by atoms with Crippen molar-refractivity contribution in [2.45, 2.75) is 39.5 Å². The van der Waals surface area contributed by atoms with E-state index in [1.807, 2.05) is 0 Å². The highest BCUT2D eigenvalue weighted by molar-refractivity contribution is 5.74. The summed E-state index contributed by atoms with van der Waals surface area (Å²) in [5.74, 6) is -0.254. The van der Waals surface area contributed by atoms with Crippen LogP contribution in [-0.4, -0.2) is 16.1 Å². The molecule has 1 aromatic rings. The molecule has 0 spiro atoms. The Labute approximate surface area is 83.9 Å². The Kier molecular flexibility index (Phi) is 3.68. The van der Waals surface area contributed by atoms with Crippen LogP contribution >= 0.6 is 0 Å². The molecule has 14 heavy (non-hydrogen) atoms. The normalized spacial score (nSPS) is 10.4. The van der Waals surface area contributed by atoms with Crippen molar-refractivity contribution in [2.75, 3.05) is 0 Å². The van der Waals surface area contributed by atoms with Gasteiger partial charge in [-0.25, -0.2) is 0 Å². The Bertz CT molecular complexity index is 296. The van der Waals surface area contributed by atoms with E-state index in [4.69, 9.17) is 5.73 Å². The summed E-state index contributed by atoms with van der Waals surface area (Å²) in [6.07, 6.45) is 2.92. The van der Waals surface area contributed by atoms with Crippen molar-refractivity contribution in [1.82, 2.24) is 10.2 Å². The van der Waals surface area contributed by atoms with Crippen LogP contribution in [0.3, 0.4) is 0 Å². The van der Waals surface area contributed by atoms with E-state index in [9.17, 15) is 4.79 Å². The average Bonchev–Trinajstić information content (AvgIpc) is 2.56. The van der Waals surface area contributed by atoms with Gasteiger partial charge in [-0.15, -0.1) is 0 Å². The number of amides is 1. The van der Waals surface area contributed by atoms with Crippen LogP contribution in [0.1, 0.15) is 37.2 Å². The fourth-order valence-corrected chi connectivity index (χ4v) is 1.57. The van der Waals surface area contributed by atoms with Crippen molar-refractivity contribution in [1.29, 1.82) is 0 Å². The van der Waals surface area contributed by atoms with E-state index in [-0.39, 0.29) is 5.91 Å². The van der Waals surface area contributed by atoms with E-state index >= 15 is 0 Å². The number of aryl methyl sites for hydroxylation is 2. The molecular weight excluding hydrogens is 178 g/mol. The molecule has 0 atom stereocenters. The van der Waals surface area contributed by atoms with Gasteiger partial charge < -0.3 is 5.73 Å². The second-order valence-corrected chi connectivity index (χ2v) is 3.30. The first-order valence-corrected chi connectivity index (χ1v) is 5.02. The molecule has 0 aliphatic rings. The molecule has 0 saturated carbocycles. The number of aromatic amines is 1. The number of nitrogens with one attached hydrogen (secondary N) is 1. The van der Waals surface area contributed by atoms with Crippen LogP contribution in [0.5, 0.6) is 0 Å². The fraction of sp³-hybridized carbons (Fsp3) is 0.600. The summed E-state index contributed by atoms with van der Waals surface area (Å²) in [5, 5.41) is 7.20. The summed E-state index contributed by atoms with van der Waals surface area (Å²) in [4.78, 5) is 10.7. The molecule has 1 aromatic heterocycles. The summed E-state index contributed by atoms with van der Waals surface area (Å²) >= 11 is 0. The summed E-state index contributed by atoms with van der Waals surface area (Å²) < 4.78 is 0. The average molecular weight is 195 g/mol. The summed E-state index contributed by atoms with van der Waals surface area (Å²) in [5.41, 5.74) is 8.48. The molecule has 0 saturated heterocycles. The van der Waals surface area contributed by atoms with Crippen LogP contribution in [0, 0.1) is 0 Å². The molecule has 1 amide bonds. The molecule has 0 radical (unpaired) electrons. The van der Waals surface area contributed by atoms with Gasteiger partial charge >= 0.3 is 0 Å². The third-order valence-corrected chi connectivity index (χ3v) is 2.35. The first-order chi connectivity index (χ1) is 6.69. The Balaban J connectivity index is 2.80. The van der Waals surface area contributed by atoms with Crippen molar-refractivity contribution < 1.29 is 4.79 Å². The number of hydrogen-bond acceptors (Lipinski definition) is 2. The largest absolute Gasteiger partial charge is 0.370 e. The summed E-state index contributed by atoms with van der Waals surface area (Å²) in [7, 11) is 0. The molecule has 0 bridgehead atoms. The van der Waals surface area contributed by atoms with Crippen LogP contribution in [0.4, 0.5) is 0 Å². The molecule has 78 valence electrons. The van der Waals surface area contributed by atoms with Crippen molar-refractivity contribution in [3.63, 3.8) is 0 Å². The minimum atomic E-state index is -0.254. The number of nitrogens with zero attached hydrogens (tertiary/aromatic N) is 1. The zero-order valence-corrected chi connectivity index (χ0v) is 8.76. The van der Waals surface area contributed by atoms with Crippen molar-refractivity contribution >= 4 is 5.91 Å². The molecule has 0 unspecified atom stereocenters. The molecular formula is C10H17N3O. The van der Waals surface area contributed by atoms with Gasteiger partial charge in [0.1, 0.15) is 0 Å². The predicted molar refractivity (Wildman–Crippen MR) is 54.9 cm³/mol. The maximum atomic E-state index is 10.7. The molecule has 4 heteroatoms. The standard InChI is InChI=1S/C10H17N3O/c1-3-8-7(5-6-10(11)14)9(4-2)13-12-8/h3-6H2,1-2H3,(H2,11,14)(H,12,13). The molecule has 1 rings (SSSR count). The fourth-order valence-electron chi connectivity index (χ4n) is 1.57. The number of rotatable bonds is 5. The van der Waals surface area contributed by atoms with Gasteiger partial charge in [0.2, 0.25) is 5.91 Å². The molecule has 0 aliphatic carbocycles. The molecule has 0 aromatic carbocycles. The number of nitrogens with two attached hydrogens (primary N) is 1. The third kappa shape index (κ3) is 2.34. The van der Waals surface area contributed by atoms with E-state index in [1.165, 1.54) is 5.56 Å². The van der Waals surface area contributed by atoms with E-state index < -0.39 is 0 Å². The van der Waals surface area contributed by atoms with Gasteiger partial charge in [0.25, 0.3) is 0 Å². The summed E-state index contributed by atoms with van der Waals surface area (Å²) in [6, 6.07) is 0. The van der Waals surface area contributed by atoms with Crippen LogP contribution in [-0.2, 0) is 24.1 Å². The number of hydrogen-bond donors (Lipinski definition) is 2. The smallest absolute Gasteiger partial charge is 0.217 e. The minimum absolute atomic E-state index is 0.254. The van der Waals surface area contributed by atoms with Crippen molar-refractivity contribution in [3.05, 3.63) is 17.0 Å². The predicted octanol–water partition coefficient (Wildman–Crippen LogP) is 0.952. The van der Waals surface area contributed by atoms with E-state index in [1.54, 1.807) is 0 Å². The van der Waals surface area contributed by atoms with Gasteiger partial charge in [0.05, 0.1) is 5.69 Å². The van der Waals surface area contributed by atoms with Gasteiger partial charge in [-0.05, 0) is 24.8 Å². The van der Waals surface area contributed by atoms with Crippen LogP contribution in [0.25, 0.3) is 0 Å². The lowest BCUT2D eigenvalue weighted by Gasteiger charge is -2.01. The van der Waals surface area contributed by atoms with E-state index in [2.05, 4.69) is 24.0 Å². The van der Waals surface area contributed by atoms with E-state index in [0.717, 1.165) is 24.2 Å². The van der Waals surface area contributed by atoms with Gasteiger partial charge in [-0.1, -0.05) is 13.8 Å². The number of primary amides is 1. The number of aromatic nitrogens is 2. The zero-order valence-electron chi connectivity index (χ0n) is 8.76. The van der Waals surface area contributed by atoms with Gasteiger partial charge in [0, 0.05) is 12.1 Å². The van der Waals surface area contributed by atoms with Gasteiger partial charge in [-0.3, -0.25) is 9.89 Å². The highest BCUT2D eigenvalue weighted by Gasteiger charge is 2.10. The van der Waals surface area contributed by atoms with Crippen molar-refractivity contribution in [3.8, 4) is 0 Å². The topological polar surface area (TPSA) is 71.8 Å². The van der Waals surface area contributed by atoms with Crippen LogP contribution in [0.15, 0.2) is 0 Å². The van der Waals surface area contributed by atoms with Crippen LogP contribution in [0.2, 0.25) is 0 Å². The second kappa shape index (κ2) is 4.79. The monoisotopic (exact) mass is 195 g/mol. The Morgan fingerprint density at radius 1 is 1.43 bits per heavy atom. The Hall–Kier alpha value is -1.32. The number of carbonyl (C=O) groups is 1. The van der Waals surface area contributed by atoms with Gasteiger partial charge in [-0.2, -0.15) is 5.10 Å². The van der Waals surface area contributed by atoms with Crippen LogP contribution < -0.4 is 5.73 Å². The summed E-state index contributed by atoms with van der Waals surface area (Å²) in [6.45, 7) is 4.13. The Morgan fingerprint density at radius 3 is 2.64 bits per heavy atom. The number of carbonyl (C=O) groups excluding carboxylic acids is 1. The van der Waals surface area contributed by atoms with Gasteiger partial charge in [0.15, 0.2) is 0 Å². The first-order valence-electron chi connectivity index (χ1n) is 5.02. The minimum Gasteiger partial charge on any atom is -0.370 e. The lowest BCUT2D eigenvalue weighted by molar-refractivity contribution is -0.117. The second-order valence-electron chi connectivity index (χ2n) is 3.30. The molecule has 0 fully saturated rings. The zero-order chi connectivity index (χ0) is 10.6. The number of H-pyrrole nitrogens is 1. The maximum absolute atomic E-state index is 10.7. The quantitative estimate of drug-likeness (QED) is 0.734. The first kappa shape index (κ1) is 10.8. The maximum Gasteiger partial charge on any atom is 0.217 e.